The number of pyridine rings is 1. The highest BCUT2D eigenvalue weighted by Gasteiger charge is 2.16. The molecular weight excluding hydrogens is 324 g/mol. The Morgan fingerprint density at radius 1 is 0.952 bits per heavy atom. The number of nitrogens with zero attached hydrogens (tertiary/aromatic N) is 1. The van der Waals surface area contributed by atoms with Crippen LogP contribution in [0.5, 0.6) is 0 Å². The maximum Gasteiger partial charge on any atom is 0.238 e. The maximum absolute atomic E-state index is 3.55. The Bertz CT molecular complexity index is 938. The summed E-state index contributed by atoms with van der Waals surface area (Å²) in [7, 11) is 2.12. The third kappa shape index (κ3) is 2.22. The molecule has 0 radical (unpaired) electrons. The summed E-state index contributed by atoms with van der Waals surface area (Å²) in [5.41, 5.74) is 4.84. The van der Waals surface area contributed by atoms with Gasteiger partial charge < -0.3 is 4.98 Å². The van der Waals surface area contributed by atoms with Crippen LogP contribution in [0.25, 0.3) is 32.8 Å². The van der Waals surface area contributed by atoms with Crippen molar-refractivity contribution in [3.8, 4) is 0 Å². The van der Waals surface area contributed by atoms with Crippen LogP contribution in [0, 0.1) is 0 Å². The van der Waals surface area contributed by atoms with E-state index in [1.165, 1.54) is 32.8 Å². The lowest BCUT2D eigenvalue weighted by molar-refractivity contribution is -0.616. The predicted molar refractivity (Wildman–Crippen MR) is 93.5 cm³/mol. The molecular formula is C18H18BrN2+. The molecule has 106 valence electrons. The number of H-pyrrole nitrogens is 1. The lowest BCUT2D eigenvalue weighted by Gasteiger charge is -1.99. The zero-order chi connectivity index (χ0) is 15.0. The van der Waals surface area contributed by atoms with E-state index in [2.05, 4.69) is 81.1 Å². The first-order valence-electron chi connectivity index (χ1n) is 7.23. The van der Waals surface area contributed by atoms with E-state index in [0.717, 1.165) is 4.47 Å². The molecule has 4 aromatic rings. The van der Waals surface area contributed by atoms with Crippen LogP contribution in [0.4, 0.5) is 0 Å². The molecule has 0 saturated carbocycles. The number of para-hydroxylation sites is 1. The summed E-state index contributed by atoms with van der Waals surface area (Å²) in [5.74, 6) is 0. The second kappa shape index (κ2) is 5.49. The molecule has 4 rings (SSSR count). The molecule has 1 N–H and O–H groups in total. The molecule has 0 bridgehead atoms. The van der Waals surface area contributed by atoms with Gasteiger partial charge in [0.2, 0.25) is 11.0 Å². The highest BCUT2D eigenvalue weighted by Crippen LogP contribution is 2.26. The third-order valence-electron chi connectivity index (χ3n) is 3.70. The molecule has 0 spiro atoms. The molecule has 3 heteroatoms. The minimum absolute atomic E-state index is 1.11. The number of rotatable bonds is 0. The van der Waals surface area contributed by atoms with Crippen molar-refractivity contribution in [2.24, 2.45) is 7.05 Å². The van der Waals surface area contributed by atoms with Crippen molar-refractivity contribution in [2.75, 3.05) is 0 Å². The first-order valence-corrected chi connectivity index (χ1v) is 8.02. The quantitative estimate of drug-likeness (QED) is 0.430. The van der Waals surface area contributed by atoms with Crippen LogP contribution in [0.15, 0.2) is 53.0 Å². The smallest absolute Gasteiger partial charge is 0.238 e. The molecule has 21 heavy (non-hydrogen) atoms. The topological polar surface area (TPSA) is 19.7 Å². The SMILES string of the molecule is CC.C[n+]1c2cc(Br)ccc2cc2[nH]c3ccccc3c21. The summed E-state index contributed by atoms with van der Waals surface area (Å²) >= 11 is 3.55. The van der Waals surface area contributed by atoms with E-state index in [1.54, 1.807) is 0 Å². The van der Waals surface area contributed by atoms with Gasteiger partial charge in [-0.3, -0.25) is 0 Å². The fraction of sp³-hybridized carbons (Fsp3) is 0.167. The number of aromatic amines is 1. The Balaban J connectivity index is 0.000000636. The number of aromatic nitrogens is 2. The molecule has 0 aliphatic heterocycles. The Hall–Kier alpha value is -1.87. The Morgan fingerprint density at radius 2 is 1.71 bits per heavy atom. The van der Waals surface area contributed by atoms with Crippen molar-refractivity contribution in [3.63, 3.8) is 0 Å². The first-order chi connectivity index (χ1) is 10.2. The van der Waals surface area contributed by atoms with Gasteiger partial charge in [-0.1, -0.05) is 41.9 Å². The van der Waals surface area contributed by atoms with Crippen molar-refractivity contribution < 1.29 is 4.57 Å². The molecule has 0 saturated heterocycles. The highest BCUT2D eigenvalue weighted by molar-refractivity contribution is 9.10. The van der Waals surface area contributed by atoms with Crippen LogP contribution in [-0.2, 0) is 7.05 Å². The van der Waals surface area contributed by atoms with Gasteiger partial charge in [-0.2, -0.15) is 4.57 Å². The Labute approximate surface area is 132 Å². The van der Waals surface area contributed by atoms with Gasteiger partial charge in [0, 0.05) is 15.9 Å². The van der Waals surface area contributed by atoms with E-state index in [4.69, 9.17) is 0 Å². The van der Waals surface area contributed by atoms with E-state index < -0.39 is 0 Å². The standard InChI is InChI=1S/C16H11BrN2.C2H6/c1-19-15-9-11(17)7-6-10(15)8-14-16(19)12-4-2-3-5-13(12)18-14;1-2/h2-9H,1H3;1-2H3/p+1. The monoisotopic (exact) mass is 341 g/mol. The fourth-order valence-corrected chi connectivity index (χ4v) is 3.17. The van der Waals surface area contributed by atoms with E-state index >= 15 is 0 Å². The van der Waals surface area contributed by atoms with Crippen LogP contribution in [-0.4, -0.2) is 4.98 Å². The largest absolute Gasteiger partial charge is 0.349 e. The van der Waals surface area contributed by atoms with Gasteiger partial charge in [0.1, 0.15) is 12.6 Å². The molecule has 0 amide bonds. The maximum atomic E-state index is 3.55. The van der Waals surface area contributed by atoms with Gasteiger partial charge in [0.05, 0.1) is 10.9 Å². The lowest BCUT2D eigenvalue weighted by Crippen LogP contribution is -2.29. The van der Waals surface area contributed by atoms with E-state index in [-0.39, 0.29) is 0 Å². The van der Waals surface area contributed by atoms with Crippen LogP contribution < -0.4 is 4.57 Å². The molecule has 0 aliphatic rings. The van der Waals surface area contributed by atoms with Crippen molar-refractivity contribution in [1.29, 1.82) is 0 Å². The molecule has 0 unspecified atom stereocenters. The second-order valence-corrected chi connectivity index (χ2v) is 5.76. The van der Waals surface area contributed by atoms with Gasteiger partial charge in [0.15, 0.2) is 0 Å². The van der Waals surface area contributed by atoms with Crippen molar-refractivity contribution >= 4 is 48.8 Å². The normalized spacial score (nSPS) is 10.9. The number of benzene rings is 2. The average molecular weight is 342 g/mol. The number of fused-ring (bicyclic) bond motifs is 4. The highest BCUT2D eigenvalue weighted by atomic mass is 79.9. The minimum atomic E-state index is 1.11. The van der Waals surface area contributed by atoms with Crippen LogP contribution >= 0.6 is 15.9 Å². The number of hydrogen-bond acceptors (Lipinski definition) is 0. The zero-order valence-electron chi connectivity index (χ0n) is 12.4. The fourth-order valence-electron chi connectivity index (χ4n) is 2.82. The predicted octanol–water partition coefficient (Wildman–Crippen LogP) is 5.09. The summed E-state index contributed by atoms with van der Waals surface area (Å²) in [6.45, 7) is 4.00. The molecule has 2 aromatic carbocycles. The van der Waals surface area contributed by atoms with Gasteiger partial charge >= 0.3 is 0 Å². The van der Waals surface area contributed by atoms with Crippen LogP contribution in [0.3, 0.4) is 0 Å². The number of hydrogen-bond donors (Lipinski definition) is 1. The van der Waals surface area contributed by atoms with Crippen LogP contribution in [0.2, 0.25) is 0 Å². The summed E-state index contributed by atoms with van der Waals surface area (Å²) < 4.78 is 3.36. The van der Waals surface area contributed by atoms with Gasteiger partial charge in [-0.05, 0) is 30.3 Å². The zero-order valence-corrected chi connectivity index (χ0v) is 14.0. The third-order valence-corrected chi connectivity index (χ3v) is 4.19. The van der Waals surface area contributed by atoms with E-state index in [0.29, 0.717) is 0 Å². The Kier molecular flexibility index (Phi) is 3.68. The van der Waals surface area contributed by atoms with Crippen molar-refractivity contribution in [2.45, 2.75) is 13.8 Å². The van der Waals surface area contributed by atoms with Crippen molar-refractivity contribution in [1.82, 2.24) is 4.98 Å². The second-order valence-electron chi connectivity index (χ2n) is 4.84. The molecule has 0 aliphatic carbocycles. The van der Waals surface area contributed by atoms with E-state index in [1.807, 2.05) is 13.8 Å². The van der Waals surface area contributed by atoms with Crippen LogP contribution in [0.1, 0.15) is 13.8 Å². The summed E-state index contributed by atoms with van der Waals surface area (Å²) in [5, 5.41) is 2.51. The minimum Gasteiger partial charge on any atom is -0.349 e. The summed E-state index contributed by atoms with van der Waals surface area (Å²) in [6, 6.07) is 17.0. The van der Waals surface area contributed by atoms with Gasteiger partial charge in [0.25, 0.3) is 0 Å². The van der Waals surface area contributed by atoms with Gasteiger partial charge in [-0.25, -0.2) is 0 Å². The van der Waals surface area contributed by atoms with E-state index in [9.17, 15) is 0 Å². The summed E-state index contributed by atoms with van der Waals surface area (Å²) in [6.07, 6.45) is 0. The average Bonchev–Trinajstić information content (AvgIpc) is 2.89. The molecule has 2 heterocycles. The molecule has 0 atom stereocenters. The molecule has 2 aromatic heterocycles. The molecule has 0 fully saturated rings. The Morgan fingerprint density at radius 3 is 2.52 bits per heavy atom. The van der Waals surface area contributed by atoms with Gasteiger partial charge in [-0.15, -0.1) is 0 Å². The summed E-state index contributed by atoms with van der Waals surface area (Å²) in [4.78, 5) is 3.49. The molecule has 2 nitrogen and oxygen atoms in total. The van der Waals surface area contributed by atoms with Crippen molar-refractivity contribution in [3.05, 3.63) is 53.0 Å². The first kappa shape index (κ1) is 14.1. The lowest BCUT2D eigenvalue weighted by atomic mass is 10.1. The number of aryl methyl sites for hydroxylation is 1. The number of nitrogens with one attached hydrogen (secondary N) is 1. The number of halogens is 1.